The maximum atomic E-state index is 15.1. The minimum atomic E-state index is -1.22. The second-order valence-corrected chi connectivity index (χ2v) is 15.1. The van der Waals surface area contributed by atoms with Gasteiger partial charge < -0.3 is 45.6 Å². The lowest BCUT2D eigenvalue weighted by Gasteiger charge is -2.38. The topological polar surface area (TPSA) is 205 Å². The van der Waals surface area contributed by atoms with Crippen molar-refractivity contribution < 1.29 is 55.2 Å². The van der Waals surface area contributed by atoms with Crippen molar-refractivity contribution in [2.24, 2.45) is 5.92 Å². The number of ether oxygens (including phenoxy) is 1. The molecule has 11 heteroatoms. The molecule has 1 unspecified atom stereocenters. The molecular weight excluding hydrogens is 716 g/mol. The summed E-state index contributed by atoms with van der Waals surface area (Å²) in [4.78, 5) is 28.9. The maximum Gasteiger partial charge on any atom is 0.174 e. The zero-order valence-corrected chi connectivity index (χ0v) is 31.6. The molecule has 11 nitrogen and oxygen atoms in total. The van der Waals surface area contributed by atoms with Gasteiger partial charge in [0.1, 0.15) is 63.4 Å². The fourth-order valence-corrected chi connectivity index (χ4v) is 7.87. The molecule has 0 bridgehead atoms. The van der Waals surface area contributed by atoms with Gasteiger partial charge in [0.25, 0.3) is 0 Å². The molecule has 1 aliphatic heterocycles. The molecule has 0 amide bonds. The fraction of sp³-hybridized carbons (Fsp3) is 0.289. The van der Waals surface area contributed by atoms with Gasteiger partial charge in [0, 0.05) is 52.6 Å². The number of hydrogen-bond acceptors (Lipinski definition) is 11. The monoisotopic (exact) mass is 762 g/mol. The number of fused-ring (bicyclic) bond motifs is 1. The number of rotatable bonds is 10. The number of carbonyl (C=O) groups is 2. The van der Waals surface area contributed by atoms with Gasteiger partial charge in [-0.1, -0.05) is 41.0 Å². The third-order valence-corrected chi connectivity index (χ3v) is 10.6. The van der Waals surface area contributed by atoms with Gasteiger partial charge >= 0.3 is 0 Å². The molecule has 0 saturated carbocycles. The highest BCUT2D eigenvalue weighted by Crippen LogP contribution is 2.56. The van der Waals surface area contributed by atoms with Crippen LogP contribution in [0.1, 0.15) is 114 Å². The van der Waals surface area contributed by atoms with Gasteiger partial charge in [-0.2, -0.15) is 0 Å². The van der Waals surface area contributed by atoms with Crippen molar-refractivity contribution in [3.8, 4) is 51.7 Å². The second kappa shape index (κ2) is 15.8. The van der Waals surface area contributed by atoms with Crippen molar-refractivity contribution in [3.05, 3.63) is 123 Å². The standard InChI is InChI=1S/C45H46O11/c1-22(2)6-5-7-24-16-31(27-12-9-25(46)18-34(27)49)40(44(54)30-14-15-33(48)29(43(30)53)11-8-23(3)4)32(17-24)41-36(51)21-39-42(45(41)55)37(52)20-38(56-39)28-13-10-26(47)19-35(28)50/h6,8-10,12-15,17-19,21,31-32,38,40,46-51,53,55H,5,7,11,16,20H2,1-4H3/t31-,32-,38+,40?/m1/s1. The zero-order chi connectivity index (χ0) is 40.6. The first-order valence-electron chi connectivity index (χ1n) is 18.4. The van der Waals surface area contributed by atoms with Crippen molar-refractivity contribution in [3.63, 3.8) is 0 Å². The summed E-state index contributed by atoms with van der Waals surface area (Å²) in [7, 11) is 0. The van der Waals surface area contributed by atoms with Gasteiger partial charge in [0.15, 0.2) is 11.6 Å². The average molecular weight is 763 g/mol. The van der Waals surface area contributed by atoms with E-state index in [9.17, 15) is 45.6 Å². The Morgan fingerprint density at radius 2 is 1.38 bits per heavy atom. The van der Waals surface area contributed by atoms with Crippen molar-refractivity contribution in [1.29, 1.82) is 0 Å². The first kappa shape index (κ1) is 39.3. The lowest BCUT2D eigenvalue weighted by molar-refractivity contribution is 0.0841. The Labute approximate surface area is 324 Å². The SMILES string of the molecule is CC(C)=CCCC1=C[C@@H](c2c(O)cc3c(c2O)C(=O)C[C@@H](c2ccc(O)cc2O)O3)C(C(=O)c2ccc(O)c(CC=C(C)C)c2O)[C@@H](c2ccc(O)cc2O)C1. The van der Waals surface area contributed by atoms with Crippen LogP contribution in [0.4, 0.5) is 0 Å². The molecule has 8 N–H and O–H groups in total. The molecule has 1 aliphatic carbocycles. The molecule has 56 heavy (non-hydrogen) atoms. The Hall–Kier alpha value is -6.36. The Morgan fingerprint density at radius 1 is 0.732 bits per heavy atom. The molecule has 292 valence electrons. The van der Waals surface area contributed by atoms with E-state index in [4.69, 9.17) is 4.74 Å². The van der Waals surface area contributed by atoms with Crippen molar-refractivity contribution in [1.82, 2.24) is 0 Å². The predicted octanol–water partition coefficient (Wildman–Crippen LogP) is 8.99. The van der Waals surface area contributed by atoms with Crippen LogP contribution in [0.25, 0.3) is 0 Å². The van der Waals surface area contributed by atoms with Crippen LogP contribution in [-0.4, -0.2) is 52.4 Å². The van der Waals surface area contributed by atoms with Gasteiger partial charge in [0.2, 0.25) is 0 Å². The van der Waals surface area contributed by atoms with Crippen molar-refractivity contribution in [2.75, 3.05) is 0 Å². The highest BCUT2D eigenvalue weighted by Gasteiger charge is 2.45. The number of benzene rings is 4. The van der Waals surface area contributed by atoms with Crippen LogP contribution in [0.15, 0.2) is 89.5 Å². The summed E-state index contributed by atoms with van der Waals surface area (Å²) >= 11 is 0. The molecule has 0 radical (unpaired) electrons. The molecule has 4 aromatic carbocycles. The van der Waals surface area contributed by atoms with Crippen molar-refractivity contribution >= 4 is 11.6 Å². The van der Waals surface area contributed by atoms with Gasteiger partial charge in [-0.25, -0.2) is 0 Å². The van der Waals surface area contributed by atoms with E-state index in [0.29, 0.717) is 18.4 Å². The molecule has 4 aromatic rings. The summed E-state index contributed by atoms with van der Waals surface area (Å²) in [6, 6.07) is 11.7. The number of Topliss-reactive ketones (excluding diaryl/α,β-unsaturated/α-hetero) is 2. The van der Waals surface area contributed by atoms with E-state index in [-0.39, 0.29) is 81.6 Å². The Balaban J connectivity index is 1.55. The Kier molecular flexibility index (Phi) is 11.1. The number of phenolic OH excluding ortho intramolecular Hbond substituents is 8. The number of hydrogen-bond donors (Lipinski definition) is 8. The summed E-state index contributed by atoms with van der Waals surface area (Å²) in [6.07, 6.45) is 5.83. The van der Waals surface area contributed by atoms with E-state index in [0.717, 1.165) is 28.9 Å². The smallest absolute Gasteiger partial charge is 0.174 e. The summed E-state index contributed by atoms with van der Waals surface area (Å²) in [5.74, 6) is -7.30. The molecule has 0 fully saturated rings. The minimum Gasteiger partial charge on any atom is -0.508 e. The van der Waals surface area contributed by atoms with Crippen LogP contribution in [0.2, 0.25) is 0 Å². The third-order valence-electron chi connectivity index (χ3n) is 10.6. The summed E-state index contributed by atoms with van der Waals surface area (Å²) < 4.78 is 6.06. The first-order chi connectivity index (χ1) is 26.5. The maximum absolute atomic E-state index is 15.1. The summed E-state index contributed by atoms with van der Waals surface area (Å²) in [5, 5.41) is 87.8. The van der Waals surface area contributed by atoms with Gasteiger partial charge in [-0.05, 0) is 89.3 Å². The quantitative estimate of drug-likeness (QED) is 0.0565. The molecule has 1 heterocycles. The Morgan fingerprint density at radius 3 is 2.00 bits per heavy atom. The van der Waals surface area contributed by atoms with Crippen LogP contribution in [0.3, 0.4) is 0 Å². The molecule has 6 rings (SSSR count). The molecule has 2 aliphatic rings. The number of phenols is 8. The van der Waals surface area contributed by atoms with E-state index in [1.807, 2.05) is 27.7 Å². The molecule has 0 aromatic heterocycles. The van der Waals surface area contributed by atoms with E-state index < -0.39 is 52.7 Å². The first-order valence-corrected chi connectivity index (χ1v) is 18.4. The van der Waals surface area contributed by atoms with E-state index in [1.54, 1.807) is 12.2 Å². The van der Waals surface area contributed by atoms with E-state index >= 15 is 4.79 Å². The largest absolute Gasteiger partial charge is 0.508 e. The average Bonchev–Trinajstić information content (AvgIpc) is 3.10. The lowest BCUT2D eigenvalue weighted by Crippen LogP contribution is -2.32. The molecular formula is C45H46O11. The molecule has 0 saturated heterocycles. The van der Waals surface area contributed by atoms with Crippen LogP contribution in [-0.2, 0) is 6.42 Å². The van der Waals surface area contributed by atoms with Gasteiger partial charge in [0.05, 0.1) is 12.0 Å². The minimum absolute atomic E-state index is 0.128. The number of allylic oxidation sites excluding steroid dienone is 6. The van der Waals surface area contributed by atoms with Gasteiger partial charge in [-0.3, -0.25) is 9.59 Å². The van der Waals surface area contributed by atoms with E-state index in [1.165, 1.54) is 42.5 Å². The number of aromatic hydroxyl groups is 8. The van der Waals surface area contributed by atoms with Crippen LogP contribution < -0.4 is 4.74 Å². The normalized spacial score (nSPS) is 19.0. The lowest BCUT2D eigenvalue weighted by atomic mass is 9.64. The van der Waals surface area contributed by atoms with Gasteiger partial charge in [-0.15, -0.1) is 0 Å². The van der Waals surface area contributed by atoms with Crippen LogP contribution in [0, 0.1) is 5.92 Å². The zero-order valence-electron chi connectivity index (χ0n) is 31.6. The predicted molar refractivity (Wildman–Crippen MR) is 209 cm³/mol. The Bertz CT molecular complexity index is 2310. The number of ketones is 2. The van der Waals surface area contributed by atoms with Crippen LogP contribution >= 0.6 is 0 Å². The second-order valence-electron chi connectivity index (χ2n) is 15.1. The fourth-order valence-electron chi connectivity index (χ4n) is 7.87. The van der Waals surface area contributed by atoms with E-state index in [2.05, 4.69) is 6.08 Å². The van der Waals surface area contributed by atoms with Crippen LogP contribution in [0.5, 0.6) is 51.7 Å². The highest BCUT2D eigenvalue weighted by molar-refractivity contribution is 6.05. The highest BCUT2D eigenvalue weighted by atomic mass is 16.5. The molecule has 0 spiro atoms. The summed E-state index contributed by atoms with van der Waals surface area (Å²) in [5.41, 5.74) is 2.97. The van der Waals surface area contributed by atoms with Crippen molar-refractivity contribution in [2.45, 2.75) is 77.7 Å². The third kappa shape index (κ3) is 7.75. The summed E-state index contributed by atoms with van der Waals surface area (Å²) in [6.45, 7) is 7.65. The number of carbonyl (C=O) groups excluding carboxylic acids is 2. The molecule has 4 atom stereocenters.